The van der Waals surface area contributed by atoms with Gasteiger partial charge in [0, 0.05) is 7.05 Å². The Labute approximate surface area is 131 Å². The zero-order chi connectivity index (χ0) is 16.6. The van der Waals surface area contributed by atoms with Gasteiger partial charge in [0.25, 0.3) is 11.8 Å². The summed E-state index contributed by atoms with van der Waals surface area (Å²) in [5.41, 5.74) is 1.43. The summed E-state index contributed by atoms with van der Waals surface area (Å²) in [6.45, 7) is 0. The number of imide groups is 1. The molecule has 0 fully saturated rings. The minimum absolute atomic E-state index is 0.0436. The average molecular weight is 312 g/mol. The fourth-order valence-corrected chi connectivity index (χ4v) is 2.49. The number of hydrogen-bond donors (Lipinski definition) is 1. The van der Waals surface area contributed by atoms with E-state index >= 15 is 0 Å². The van der Waals surface area contributed by atoms with E-state index in [9.17, 15) is 18.8 Å². The number of anilines is 1. The molecule has 5 nitrogen and oxygen atoms in total. The zero-order valence-electron chi connectivity index (χ0n) is 12.3. The molecule has 0 aliphatic carbocycles. The standard InChI is InChI=1S/C17H13FN2O3/c1-20-16(22)12-3-2-4-13(15(12)17(20)23)19-14(21)9-10-5-7-11(18)8-6-10/h2-8H,9H2,1H3,(H,19,21). The van der Waals surface area contributed by atoms with Gasteiger partial charge in [0.15, 0.2) is 0 Å². The first-order chi connectivity index (χ1) is 11.0. The molecule has 116 valence electrons. The minimum atomic E-state index is -0.442. The van der Waals surface area contributed by atoms with Crippen molar-refractivity contribution in [3.8, 4) is 0 Å². The smallest absolute Gasteiger partial charge is 0.263 e. The number of amides is 3. The lowest BCUT2D eigenvalue weighted by atomic mass is 10.1. The molecule has 6 heteroatoms. The maximum atomic E-state index is 12.9. The number of halogens is 1. The first-order valence-electron chi connectivity index (χ1n) is 6.97. The average Bonchev–Trinajstić information content (AvgIpc) is 2.75. The van der Waals surface area contributed by atoms with Gasteiger partial charge in [-0.2, -0.15) is 0 Å². The molecule has 2 aromatic rings. The topological polar surface area (TPSA) is 66.5 Å². The fourth-order valence-electron chi connectivity index (χ4n) is 2.49. The Morgan fingerprint density at radius 3 is 2.48 bits per heavy atom. The quantitative estimate of drug-likeness (QED) is 0.884. The Hall–Kier alpha value is -3.02. The Balaban J connectivity index is 1.82. The van der Waals surface area contributed by atoms with Gasteiger partial charge < -0.3 is 5.32 Å². The molecule has 1 N–H and O–H groups in total. The van der Waals surface area contributed by atoms with E-state index in [-0.39, 0.29) is 35.2 Å². The summed E-state index contributed by atoms with van der Waals surface area (Å²) in [6, 6.07) is 10.3. The number of carbonyl (C=O) groups excluding carboxylic acids is 3. The molecule has 1 aliphatic heterocycles. The summed E-state index contributed by atoms with van der Waals surface area (Å²) in [6.07, 6.45) is 0.0436. The molecule has 0 saturated carbocycles. The normalized spacial score (nSPS) is 13.2. The summed E-state index contributed by atoms with van der Waals surface area (Å²) < 4.78 is 12.9. The van der Waals surface area contributed by atoms with Crippen LogP contribution in [0.1, 0.15) is 26.3 Å². The highest BCUT2D eigenvalue weighted by atomic mass is 19.1. The van der Waals surface area contributed by atoms with Gasteiger partial charge >= 0.3 is 0 Å². The van der Waals surface area contributed by atoms with E-state index in [4.69, 9.17) is 0 Å². The predicted molar refractivity (Wildman–Crippen MR) is 81.6 cm³/mol. The lowest BCUT2D eigenvalue weighted by Gasteiger charge is -2.09. The van der Waals surface area contributed by atoms with E-state index in [1.54, 1.807) is 18.2 Å². The number of fused-ring (bicyclic) bond motifs is 1. The molecular formula is C17H13FN2O3. The van der Waals surface area contributed by atoms with Crippen molar-refractivity contribution < 1.29 is 18.8 Å². The maximum absolute atomic E-state index is 12.9. The van der Waals surface area contributed by atoms with E-state index < -0.39 is 5.91 Å². The maximum Gasteiger partial charge on any atom is 0.263 e. The molecule has 0 unspecified atom stereocenters. The first kappa shape index (κ1) is 14.9. The third kappa shape index (κ3) is 2.70. The van der Waals surface area contributed by atoms with Crippen molar-refractivity contribution in [2.45, 2.75) is 6.42 Å². The number of carbonyl (C=O) groups is 3. The first-order valence-corrected chi connectivity index (χ1v) is 6.97. The zero-order valence-corrected chi connectivity index (χ0v) is 12.3. The molecule has 0 aromatic heterocycles. The molecule has 2 aromatic carbocycles. The molecule has 0 bridgehead atoms. The largest absolute Gasteiger partial charge is 0.325 e. The highest BCUT2D eigenvalue weighted by Gasteiger charge is 2.35. The van der Waals surface area contributed by atoms with Crippen molar-refractivity contribution in [1.29, 1.82) is 0 Å². The van der Waals surface area contributed by atoms with Crippen LogP contribution in [-0.2, 0) is 11.2 Å². The van der Waals surface area contributed by atoms with Crippen LogP contribution in [0.15, 0.2) is 42.5 Å². The molecule has 0 radical (unpaired) electrons. The Morgan fingerprint density at radius 1 is 1.09 bits per heavy atom. The second-order valence-electron chi connectivity index (χ2n) is 5.25. The van der Waals surface area contributed by atoms with E-state index in [2.05, 4.69) is 5.32 Å². The van der Waals surface area contributed by atoms with E-state index in [0.29, 0.717) is 11.3 Å². The monoisotopic (exact) mass is 312 g/mol. The van der Waals surface area contributed by atoms with E-state index in [0.717, 1.165) is 4.90 Å². The SMILES string of the molecule is CN1C(=O)c2cccc(NC(=O)Cc3ccc(F)cc3)c2C1=O. The predicted octanol–water partition coefficient (Wildman–Crippen LogP) is 2.23. The van der Waals surface area contributed by atoms with E-state index in [1.165, 1.54) is 31.3 Å². The molecule has 1 heterocycles. The second kappa shape index (κ2) is 5.64. The molecule has 3 amide bonds. The van der Waals surface area contributed by atoms with Gasteiger partial charge in [-0.3, -0.25) is 19.3 Å². The summed E-state index contributed by atoms with van der Waals surface area (Å²) in [5, 5.41) is 2.64. The number of nitrogens with one attached hydrogen (secondary N) is 1. The van der Waals surface area contributed by atoms with Crippen molar-refractivity contribution in [2.75, 3.05) is 12.4 Å². The summed E-state index contributed by atoms with van der Waals surface area (Å²) >= 11 is 0. The van der Waals surface area contributed by atoms with Crippen molar-refractivity contribution in [3.05, 3.63) is 65.0 Å². The Kier molecular flexibility index (Phi) is 3.65. The number of nitrogens with zero attached hydrogens (tertiary/aromatic N) is 1. The van der Waals surface area contributed by atoms with E-state index in [1.807, 2.05) is 0 Å². The highest BCUT2D eigenvalue weighted by molar-refractivity contribution is 6.24. The number of benzene rings is 2. The van der Waals surface area contributed by atoms with Crippen LogP contribution in [0.4, 0.5) is 10.1 Å². The van der Waals surface area contributed by atoms with Crippen molar-refractivity contribution in [2.24, 2.45) is 0 Å². The van der Waals surface area contributed by atoms with Crippen molar-refractivity contribution in [3.63, 3.8) is 0 Å². The lowest BCUT2D eigenvalue weighted by molar-refractivity contribution is -0.115. The Bertz CT molecular complexity index is 815. The van der Waals surface area contributed by atoms with Gasteiger partial charge in [0.2, 0.25) is 5.91 Å². The van der Waals surface area contributed by atoms with Crippen LogP contribution in [-0.4, -0.2) is 29.7 Å². The third-order valence-corrected chi connectivity index (χ3v) is 3.67. The molecule has 23 heavy (non-hydrogen) atoms. The van der Waals surface area contributed by atoms with Crippen LogP contribution in [0.2, 0.25) is 0 Å². The van der Waals surface area contributed by atoms with Crippen LogP contribution < -0.4 is 5.32 Å². The summed E-state index contributed by atoms with van der Waals surface area (Å²) in [7, 11) is 1.40. The summed E-state index contributed by atoms with van der Waals surface area (Å²) in [5.74, 6) is -1.55. The molecule has 1 aliphatic rings. The van der Waals surface area contributed by atoms with Crippen LogP contribution in [0.5, 0.6) is 0 Å². The van der Waals surface area contributed by atoms with Gasteiger partial charge in [0.1, 0.15) is 5.82 Å². The second-order valence-corrected chi connectivity index (χ2v) is 5.25. The van der Waals surface area contributed by atoms with Crippen LogP contribution in [0.25, 0.3) is 0 Å². The highest BCUT2D eigenvalue weighted by Crippen LogP contribution is 2.28. The third-order valence-electron chi connectivity index (χ3n) is 3.67. The molecule has 3 rings (SSSR count). The van der Waals surface area contributed by atoms with Crippen LogP contribution >= 0.6 is 0 Å². The fraction of sp³-hybridized carbons (Fsp3) is 0.118. The lowest BCUT2D eigenvalue weighted by Crippen LogP contribution is -2.24. The number of rotatable bonds is 3. The van der Waals surface area contributed by atoms with Gasteiger partial charge in [0.05, 0.1) is 23.2 Å². The van der Waals surface area contributed by atoms with Gasteiger partial charge in [-0.05, 0) is 29.8 Å². The number of hydrogen-bond acceptors (Lipinski definition) is 3. The Morgan fingerprint density at radius 2 is 1.78 bits per heavy atom. The van der Waals surface area contributed by atoms with Gasteiger partial charge in [-0.15, -0.1) is 0 Å². The summed E-state index contributed by atoms with van der Waals surface area (Å²) in [4.78, 5) is 37.2. The van der Waals surface area contributed by atoms with Crippen molar-refractivity contribution in [1.82, 2.24) is 4.90 Å². The van der Waals surface area contributed by atoms with Gasteiger partial charge in [-0.1, -0.05) is 18.2 Å². The molecule has 0 spiro atoms. The minimum Gasteiger partial charge on any atom is -0.325 e. The molecule has 0 atom stereocenters. The van der Waals surface area contributed by atoms with Gasteiger partial charge in [-0.25, -0.2) is 4.39 Å². The molecule has 0 saturated heterocycles. The molecular weight excluding hydrogens is 299 g/mol. The van der Waals surface area contributed by atoms with Crippen LogP contribution in [0.3, 0.4) is 0 Å². The van der Waals surface area contributed by atoms with Crippen LogP contribution in [0, 0.1) is 5.82 Å². The van der Waals surface area contributed by atoms with Crippen molar-refractivity contribution >= 4 is 23.4 Å².